The van der Waals surface area contributed by atoms with Gasteiger partial charge in [-0.15, -0.1) is 0 Å². The van der Waals surface area contributed by atoms with Gasteiger partial charge in [0.05, 0.1) is 0 Å². The second-order valence-corrected chi connectivity index (χ2v) is 2.49. The molecule has 1 aromatic rings. The first kappa shape index (κ1) is 7.39. The smallest absolute Gasteiger partial charge is 0.231 e. The molecule has 1 heterocycles. The quantitative estimate of drug-likeness (QED) is 0.596. The van der Waals surface area contributed by atoms with Crippen LogP contribution < -0.4 is 9.47 Å². The van der Waals surface area contributed by atoms with Crippen LogP contribution in [0.4, 0.5) is 0 Å². The lowest BCUT2D eigenvalue weighted by molar-refractivity contribution is -0.0425. The van der Waals surface area contributed by atoms with Crippen molar-refractivity contribution in [2.24, 2.45) is 0 Å². The lowest BCUT2D eigenvalue weighted by Gasteiger charge is -2.03. The summed E-state index contributed by atoms with van der Waals surface area (Å²) in [5, 5.41) is 17.6. The third-order valence-corrected chi connectivity index (χ3v) is 1.69. The van der Waals surface area contributed by atoms with Crippen LogP contribution in [0.3, 0.4) is 0 Å². The van der Waals surface area contributed by atoms with Crippen molar-refractivity contribution in [1.82, 2.24) is 0 Å². The van der Waals surface area contributed by atoms with Crippen LogP contribution in [-0.4, -0.2) is 17.0 Å². The number of fused-ring (bicyclic) bond motifs is 1. The molecule has 0 amide bonds. The van der Waals surface area contributed by atoms with Crippen LogP contribution in [0.5, 0.6) is 11.5 Å². The fraction of sp³-hybridized carbons (Fsp3) is 0.250. The van der Waals surface area contributed by atoms with E-state index in [9.17, 15) is 0 Å². The molecule has 0 saturated heterocycles. The lowest BCUT2D eigenvalue weighted by atomic mass is 10.2. The van der Waals surface area contributed by atoms with Crippen molar-refractivity contribution in [3.05, 3.63) is 23.8 Å². The van der Waals surface area contributed by atoms with Crippen molar-refractivity contribution < 1.29 is 19.7 Å². The van der Waals surface area contributed by atoms with E-state index < -0.39 is 6.29 Å². The first-order valence-corrected chi connectivity index (χ1v) is 3.53. The molecule has 64 valence electrons. The van der Waals surface area contributed by atoms with E-state index in [2.05, 4.69) is 0 Å². The van der Waals surface area contributed by atoms with E-state index >= 15 is 0 Å². The normalized spacial score (nSPS) is 13.9. The van der Waals surface area contributed by atoms with Crippen molar-refractivity contribution in [2.75, 3.05) is 6.79 Å². The molecule has 0 aromatic heterocycles. The molecular weight excluding hydrogens is 160 g/mol. The van der Waals surface area contributed by atoms with Crippen LogP contribution >= 0.6 is 0 Å². The highest BCUT2D eigenvalue weighted by atomic mass is 16.7. The van der Waals surface area contributed by atoms with Gasteiger partial charge in [0.2, 0.25) is 6.79 Å². The van der Waals surface area contributed by atoms with Crippen LogP contribution in [0.1, 0.15) is 11.9 Å². The average Bonchev–Trinajstić information content (AvgIpc) is 2.49. The van der Waals surface area contributed by atoms with E-state index in [1.165, 1.54) is 0 Å². The Bertz CT molecular complexity index is 295. The molecule has 2 rings (SSSR count). The fourth-order valence-electron chi connectivity index (χ4n) is 1.07. The summed E-state index contributed by atoms with van der Waals surface area (Å²) in [6.07, 6.45) is -1.46. The second kappa shape index (κ2) is 2.66. The Morgan fingerprint density at radius 2 is 1.92 bits per heavy atom. The summed E-state index contributed by atoms with van der Waals surface area (Å²) in [5.74, 6) is 1.19. The fourth-order valence-corrected chi connectivity index (χ4v) is 1.07. The standard InChI is InChI=1S/C8H8O4/c9-8(10)5-1-2-6-7(3-5)12-4-11-6/h1-3,8-10H,4H2. The number of benzene rings is 1. The molecule has 0 spiro atoms. The van der Waals surface area contributed by atoms with Crippen molar-refractivity contribution in [3.63, 3.8) is 0 Å². The van der Waals surface area contributed by atoms with Gasteiger partial charge in [-0.05, 0) is 12.1 Å². The van der Waals surface area contributed by atoms with Crippen LogP contribution in [0.15, 0.2) is 18.2 Å². The molecule has 0 aliphatic carbocycles. The second-order valence-electron chi connectivity index (χ2n) is 2.49. The first-order valence-electron chi connectivity index (χ1n) is 3.53. The van der Waals surface area contributed by atoms with Gasteiger partial charge in [-0.2, -0.15) is 0 Å². The maximum atomic E-state index is 8.81. The molecule has 0 atom stereocenters. The zero-order valence-corrected chi connectivity index (χ0v) is 6.23. The van der Waals surface area contributed by atoms with Gasteiger partial charge in [0.1, 0.15) is 0 Å². The highest BCUT2D eigenvalue weighted by Crippen LogP contribution is 2.33. The highest BCUT2D eigenvalue weighted by Gasteiger charge is 2.14. The van der Waals surface area contributed by atoms with E-state index in [-0.39, 0.29) is 6.79 Å². The molecular formula is C8H8O4. The minimum Gasteiger partial charge on any atom is -0.454 e. The SMILES string of the molecule is OC(O)c1ccc2c(c1)OCO2. The van der Waals surface area contributed by atoms with Gasteiger partial charge >= 0.3 is 0 Å². The number of rotatable bonds is 1. The van der Waals surface area contributed by atoms with Gasteiger partial charge in [-0.3, -0.25) is 0 Å². The van der Waals surface area contributed by atoms with Gasteiger partial charge in [0, 0.05) is 5.56 Å². The first-order chi connectivity index (χ1) is 5.77. The Morgan fingerprint density at radius 1 is 1.17 bits per heavy atom. The number of hydrogen-bond donors (Lipinski definition) is 2. The minimum atomic E-state index is -1.46. The van der Waals surface area contributed by atoms with E-state index in [1.54, 1.807) is 18.2 Å². The summed E-state index contributed by atoms with van der Waals surface area (Å²) >= 11 is 0. The van der Waals surface area contributed by atoms with Crippen LogP contribution in [-0.2, 0) is 0 Å². The topological polar surface area (TPSA) is 58.9 Å². The Hall–Kier alpha value is -1.26. The van der Waals surface area contributed by atoms with Crippen molar-refractivity contribution >= 4 is 0 Å². The van der Waals surface area contributed by atoms with Crippen LogP contribution in [0.2, 0.25) is 0 Å². The number of ether oxygens (including phenoxy) is 2. The Morgan fingerprint density at radius 3 is 2.67 bits per heavy atom. The molecule has 4 nitrogen and oxygen atoms in total. The van der Waals surface area contributed by atoms with E-state index in [1.807, 2.05) is 0 Å². The molecule has 0 saturated carbocycles. The van der Waals surface area contributed by atoms with Gasteiger partial charge in [-0.1, -0.05) is 6.07 Å². The van der Waals surface area contributed by atoms with Crippen LogP contribution in [0.25, 0.3) is 0 Å². The summed E-state index contributed by atoms with van der Waals surface area (Å²) in [7, 11) is 0. The zero-order chi connectivity index (χ0) is 8.55. The maximum Gasteiger partial charge on any atom is 0.231 e. The molecule has 0 fully saturated rings. The van der Waals surface area contributed by atoms with Gasteiger partial charge in [0.15, 0.2) is 17.8 Å². The highest BCUT2D eigenvalue weighted by molar-refractivity contribution is 5.44. The van der Waals surface area contributed by atoms with E-state index in [4.69, 9.17) is 19.7 Å². The van der Waals surface area contributed by atoms with E-state index in [0.29, 0.717) is 17.1 Å². The number of aliphatic hydroxyl groups is 2. The summed E-state index contributed by atoms with van der Waals surface area (Å²) in [4.78, 5) is 0. The Kier molecular flexibility index (Phi) is 1.64. The minimum absolute atomic E-state index is 0.195. The van der Waals surface area contributed by atoms with Crippen molar-refractivity contribution in [2.45, 2.75) is 6.29 Å². The maximum absolute atomic E-state index is 8.81. The Balaban J connectivity index is 2.39. The largest absolute Gasteiger partial charge is 0.454 e. The molecule has 1 aromatic carbocycles. The molecule has 1 aliphatic heterocycles. The van der Waals surface area contributed by atoms with Crippen molar-refractivity contribution in [1.29, 1.82) is 0 Å². The average molecular weight is 168 g/mol. The number of hydrogen-bond acceptors (Lipinski definition) is 4. The molecule has 0 bridgehead atoms. The van der Waals surface area contributed by atoms with Gasteiger partial charge in [0.25, 0.3) is 0 Å². The summed E-state index contributed by atoms with van der Waals surface area (Å²) < 4.78 is 10.1. The van der Waals surface area contributed by atoms with Crippen molar-refractivity contribution in [3.8, 4) is 11.5 Å². The summed E-state index contributed by atoms with van der Waals surface area (Å²) in [5.41, 5.74) is 0.402. The summed E-state index contributed by atoms with van der Waals surface area (Å²) in [6, 6.07) is 4.78. The molecule has 1 aliphatic rings. The zero-order valence-electron chi connectivity index (χ0n) is 6.23. The van der Waals surface area contributed by atoms with Gasteiger partial charge < -0.3 is 19.7 Å². The summed E-state index contributed by atoms with van der Waals surface area (Å²) in [6.45, 7) is 0.195. The Labute approximate surface area is 69.0 Å². The third-order valence-electron chi connectivity index (χ3n) is 1.69. The molecule has 12 heavy (non-hydrogen) atoms. The monoisotopic (exact) mass is 168 g/mol. The lowest BCUT2D eigenvalue weighted by Crippen LogP contribution is -1.94. The molecule has 4 heteroatoms. The van der Waals surface area contributed by atoms with Gasteiger partial charge in [-0.25, -0.2) is 0 Å². The predicted molar refractivity (Wildman–Crippen MR) is 39.7 cm³/mol. The number of aliphatic hydroxyl groups excluding tert-OH is 1. The van der Waals surface area contributed by atoms with E-state index in [0.717, 1.165) is 0 Å². The third kappa shape index (κ3) is 1.11. The van der Waals surface area contributed by atoms with Crippen LogP contribution in [0, 0.1) is 0 Å². The molecule has 0 unspecified atom stereocenters. The predicted octanol–water partition coefficient (Wildman–Crippen LogP) is 0.398. The molecule has 0 radical (unpaired) electrons. The molecule has 2 N–H and O–H groups in total.